The summed E-state index contributed by atoms with van der Waals surface area (Å²) in [5.41, 5.74) is 0.540. The highest BCUT2D eigenvalue weighted by atomic mass is 35.5. The maximum Gasteiger partial charge on any atom is 0.253 e. The quantitative estimate of drug-likeness (QED) is 0.815. The number of carbonyl (C=O) groups is 2. The van der Waals surface area contributed by atoms with Gasteiger partial charge >= 0.3 is 0 Å². The highest BCUT2D eigenvalue weighted by Gasteiger charge is 2.31. The Kier molecular flexibility index (Phi) is 5.12. The summed E-state index contributed by atoms with van der Waals surface area (Å²) in [6, 6.07) is 4.94. The van der Waals surface area contributed by atoms with Gasteiger partial charge < -0.3 is 9.80 Å². The van der Waals surface area contributed by atoms with Crippen LogP contribution in [-0.4, -0.2) is 47.8 Å². The summed E-state index contributed by atoms with van der Waals surface area (Å²) in [6.45, 7) is 2.58. The van der Waals surface area contributed by atoms with Gasteiger partial charge in [0, 0.05) is 37.7 Å². The van der Waals surface area contributed by atoms with Crippen molar-refractivity contribution < 1.29 is 9.59 Å². The van der Waals surface area contributed by atoms with Crippen molar-refractivity contribution in [2.45, 2.75) is 25.7 Å². The van der Waals surface area contributed by atoms with Crippen molar-refractivity contribution in [3.8, 4) is 0 Å². The van der Waals surface area contributed by atoms with Crippen LogP contribution >= 0.6 is 23.2 Å². The van der Waals surface area contributed by atoms with Crippen molar-refractivity contribution in [3.05, 3.63) is 33.8 Å². The van der Waals surface area contributed by atoms with Crippen LogP contribution in [0.4, 0.5) is 0 Å². The fraction of sp³-hybridized carbons (Fsp3) is 0.529. The topological polar surface area (TPSA) is 40.6 Å². The van der Waals surface area contributed by atoms with Crippen molar-refractivity contribution in [2.75, 3.05) is 26.2 Å². The van der Waals surface area contributed by atoms with Crippen LogP contribution in [0.15, 0.2) is 18.2 Å². The second-order valence-corrected chi connectivity index (χ2v) is 7.04. The molecular formula is C17H20Cl2N2O2. The van der Waals surface area contributed by atoms with E-state index in [0.29, 0.717) is 35.2 Å². The van der Waals surface area contributed by atoms with Gasteiger partial charge in [-0.2, -0.15) is 0 Å². The van der Waals surface area contributed by atoms with Crippen molar-refractivity contribution in [3.63, 3.8) is 0 Å². The van der Waals surface area contributed by atoms with Crippen LogP contribution in [0.1, 0.15) is 36.0 Å². The van der Waals surface area contributed by atoms with Crippen LogP contribution in [0.25, 0.3) is 0 Å². The van der Waals surface area contributed by atoms with E-state index in [0.717, 1.165) is 32.2 Å². The Morgan fingerprint density at radius 1 is 0.913 bits per heavy atom. The molecule has 1 saturated carbocycles. The van der Waals surface area contributed by atoms with E-state index in [4.69, 9.17) is 23.2 Å². The lowest BCUT2D eigenvalue weighted by Gasteiger charge is -2.31. The lowest BCUT2D eigenvalue weighted by molar-refractivity contribution is -0.138. The highest BCUT2D eigenvalue weighted by molar-refractivity contribution is 6.42. The molecule has 0 bridgehead atoms. The maximum absolute atomic E-state index is 12.6. The molecule has 0 spiro atoms. The highest BCUT2D eigenvalue weighted by Crippen LogP contribution is 2.29. The van der Waals surface area contributed by atoms with Gasteiger partial charge in [-0.3, -0.25) is 9.59 Å². The molecule has 4 nitrogen and oxygen atoms in total. The third kappa shape index (κ3) is 3.64. The summed E-state index contributed by atoms with van der Waals surface area (Å²) >= 11 is 11.9. The minimum absolute atomic E-state index is 0.0542. The van der Waals surface area contributed by atoms with E-state index in [-0.39, 0.29) is 17.7 Å². The summed E-state index contributed by atoms with van der Waals surface area (Å²) in [7, 11) is 0. The molecule has 0 N–H and O–H groups in total. The van der Waals surface area contributed by atoms with E-state index in [1.807, 2.05) is 4.90 Å². The Bertz CT molecular complexity index is 617. The second-order valence-electron chi connectivity index (χ2n) is 6.23. The predicted octanol–water partition coefficient (Wildman–Crippen LogP) is 3.47. The molecule has 1 aliphatic carbocycles. The van der Waals surface area contributed by atoms with Crippen LogP contribution < -0.4 is 0 Å². The van der Waals surface area contributed by atoms with Crippen molar-refractivity contribution in [1.29, 1.82) is 0 Å². The maximum atomic E-state index is 12.6. The molecule has 2 aliphatic rings. The normalized spacial score (nSPS) is 19.2. The van der Waals surface area contributed by atoms with Gasteiger partial charge in [0.05, 0.1) is 10.0 Å². The molecule has 0 aromatic heterocycles. The molecule has 1 aromatic carbocycles. The van der Waals surface area contributed by atoms with E-state index in [1.54, 1.807) is 23.1 Å². The molecule has 1 aliphatic heterocycles. The largest absolute Gasteiger partial charge is 0.341 e. The molecular weight excluding hydrogens is 335 g/mol. The van der Waals surface area contributed by atoms with Gasteiger partial charge in [0.2, 0.25) is 5.91 Å². The van der Waals surface area contributed by atoms with Crippen molar-refractivity contribution >= 4 is 35.0 Å². The summed E-state index contributed by atoms with van der Waals surface area (Å²) < 4.78 is 0. The fourth-order valence-corrected chi connectivity index (χ4v) is 3.36. The van der Waals surface area contributed by atoms with Crippen LogP contribution in [0.5, 0.6) is 0 Å². The molecule has 6 heteroatoms. The van der Waals surface area contributed by atoms with Gasteiger partial charge in [-0.1, -0.05) is 29.6 Å². The molecule has 3 rings (SSSR count). The monoisotopic (exact) mass is 354 g/mol. The molecule has 1 saturated heterocycles. The lowest BCUT2D eigenvalue weighted by atomic mass is 9.84. The zero-order valence-electron chi connectivity index (χ0n) is 12.9. The van der Waals surface area contributed by atoms with Gasteiger partial charge in [0.25, 0.3) is 5.91 Å². The van der Waals surface area contributed by atoms with E-state index in [9.17, 15) is 9.59 Å². The molecule has 2 amide bonds. The zero-order valence-corrected chi connectivity index (χ0v) is 14.4. The lowest BCUT2D eigenvalue weighted by Crippen LogP contribution is -2.41. The Hall–Kier alpha value is -1.26. The minimum atomic E-state index is -0.0542. The number of nitrogens with zero attached hydrogens (tertiary/aromatic N) is 2. The Labute approximate surface area is 146 Å². The third-order valence-corrected chi connectivity index (χ3v) is 5.45. The number of hydrogen-bond donors (Lipinski definition) is 0. The molecule has 124 valence electrons. The summed E-state index contributed by atoms with van der Waals surface area (Å²) in [5, 5.41) is 0.825. The molecule has 1 aromatic rings. The third-order valence-electron chi connectivity index (χ3n) is 4.72. The number of benzene rings is 1. The van der Waals surface area contributed by atoms with Crippen molar-refractivity contribution in [1.82, 2.24) is 9.80 Å². The fourth-order valence-electron chi connectivity index (χ4n) is 3.07. The van der Waals surface area contributed by atoms with E-state index in [1.165, 1.54) is 0 Å². The van der Waals surface area contributed by atoms with Gasteiger partial charge in [-0.25, -0.2) is 0 Å². The van der Waals surface area contributed by atoms with Gasteiger partial charge in [0.15, 0.2) is 0 Å². The van der Waals surface area contributed by atoms with Gasteiger partial charge in [-0.15, -0.1) is 0 Å². The number of hydrogen-bond acceptors (Lipinski definition) is 2. The van der Waals surface area contributed by atoms with Crippen LogP contribution in [-0.2, 0) is 4.79 Å². The van der Waals surface area contributed by atoms with Gasteiger partial charge in [0.1, 0.15) is 0 Å². The summed E-state index contributed by atoms with van der Waals surface area (Å²) in [6.07, 6.45) is 4.00. The first kappa shape index (κ1) is 16.6. The second kappa shape index (κ2) is 7.10. The van der Waals surface area contributed by atoms with Crippen LogP contribution in [0.2, 0.25) is 10.0 Å². The van der Waals surface area contributed by atoms with Crippen LogP contribution in [0, 0.1) is 5.92 Å². The molecule has 23 heavy (non-hydrogen) atoms. The molecule has 2 fully saturated rings. The van der Waals surface area contributed by atoms with Gasteiger partial charge in [-0.05, 0) is 37.5 Å². The first-order chi connectivity index (χ1) is 11.1. The Morgan fingerprint density at radius 3 is 2.26 bits per heavy atom. The van der Waals surface area contributed by atoms with E-state index in [2.05, 4.69) is 0 Å². The predicted molar refractivity (Wildman–Crippen MR) is 90.9 cm³/mol. The minimum Gasteiger partial charge on any atom is -0.341 e. The SMILES string of the molecule is O=C(c1ccc(Cl)c(Cl)c1)N1CCCN(C(=O)C2CCC2)CC1. The number of amides is 2. The molecule has 0 atom stereocenters. The summed E-state index contributed by atoms with van der Waals surface area (Å²) in [5.74, 6) is 0.425. The molecule has 0 radical (unpaired) electrons. The summed E-state index contributed by atoms with van der Waals surface area (Å²) in [4.78, 5) is 28.7. The smallest absolute Gasteiger partial charge is 0.253 e. The standard InChI is InChI=1S/C17H20Cl2N2O2/c18-14-6-5-13(11-15(14)19)17(23)21-8-2-7-20(9-10-21)16(22)12-3-1-4-12/h5-6,11-12H,1-4,7-10H2. The molecule has 0 unspecified atom stereocenters. The van der Waals surface area contributed by atoms with Crippen molar-refractivity contribution in [2.24, 2.45) is 5.92 Å². The molecule has 1 heterocycles. The average molecular weight is 355 g/mol. The number of rotatable bonds is 2. The first-order valence-electron chi connectivity index (χ1n) is 8.09. The number of halogens is 2. The Balaban J connectivity index is 1.63. The number of carbonyl (C=O) groups excluding carboxylic acids is 2. The van der Waals surface area contributed by atoms with E-state index < -0.39 is 0 Å². The zero-order chi connectivity index (χ0) is 16.4. The average Bonchev–Trinajstić information content (AvgIpc) is 2.73. The first-order valence-corrected chi connectivity index (χ1v) is 8.85. The Morgan fingerprint density at radius 2 is 1.61 bits per heavy atom. The van der Waals surface area contributed by atoms with Crippen LogP contribution in [0.3, 0.4) is 0 Å². The van der Waals surface area contributed by atoms with E-state index >= 15 is 0 Å².